The molecule has 49 heavy (non-hydrogen) atoms. The van der Waals surface area contributed by atoms with E-state index in [1.807, 2.05) is 13.0 Å². The average Bonchev–Trinajstić information content (AvgIpc) is 3.56. The second kappa shape index (κ2) is 16.6. The van der Waals surface area contributed by atoms with Crippen molar-refractivity contribution in [2.24, 2.45) is 0 Å². The first kappa shape index (κ1) is 37.1. The Kier molecular flexibility index (Phi) is 12.5. The van der Waals surface area contributed by atoms with Crippen LogP contribution in [0.5, 0.6) is 11.5 Å². The number of hydrogen-bond acceptors (Lipinski definition) is 9. The number of carboxylic acids is 1. The number of allylic oxidation sites excluding steroid dienone is 3. The van der Waals surface area contributed by atoms with E-state index in [4.69, 9.17) is 13.6 Å². The predicted molar refractivity (Wildman–Crippen MR) is 177 cm³/mol. The van der Waals surface area contributed by atoms with Crippen LogP contribution in [-0.2, 0) is 12.6 Å². The zero-order chi connectivity index (χ0) is 35.7. The molecule has 2 aromatic heterocycles. The van der Waals surface area contributed by atoms with Crippen molar-refractivity contribution in [3.8, 4) is 11.5 Å². The van der Waals surface area contributed by atoms with Crippen LogP contribution in [0, 0.1) is 0 Å². The second-order valence-corrected chi connectivity index (χ2v) is 12.4. The summed E-state index contributed by atoms with van der Waals surface area (Å²) in [5, 5.41) is 30.1. The van der Waals surface area contributed by atoms with Gasteiger partial charge in [0.2, 0.25) is 5.76 Å². The zero-order valence-corrected chi connectivity index (χ0v) is 27.5. The largest absolute Gasteiger partial charge is 0.507 e. The third kappa shape index (κ3) is 9.67. The molecule has 0 spiro atoms. The molecule has 2 heterocycles. The first-order chi connectivity index (χ1) is 23.3. The summed E-state index contributed by atoms with van der Waals surface area (Å²) in [5.41, 5.74) is -0.727. The molecule has 260 valence electrons. The molecule has 4 rings (SSSR count). The van der Waals surface area contributed by atoms with Crippen molar-refractivity contribution in [3.63, 3.8) is 0 Å². The van der Waals surface area contributed by atoms with Gasteiger partial charge in [0.05, 0.1) is 28.4 Å². The SMILES string of the molecule is CCCc1c(OCCCC/C=C\C=C\C(Sc2ccc3c(=O)cc(C(=O)O)oc3c2)C(O)c2cc(C(F)(F)F)co2)ccc(C(C)=O)c1O. The van der Waals surface area contributed by atoms with Gasteiger partial charge in [-0.25, -0.2) is 4.79 Å². The molecule has 9 nitrogen and oxygen atoms in total. The van der Waals surface area contributed by atoms with Gasteiger partial charge >= 0.3 is 12.1 Å². The lowest BCUT2D eigenvalue weighted by atomic mass is 10.0. The third-order valence-corrected chi connectivity index (χ3v) is 8.64. The van der Waals surface area contributed by atoms with E-state index in [1.165, 1.54) is 19.1 Å². The number of furan rings is 1. The van der Waals surface area contributed by atoms with E-state index in [1.54, 1.807) is 36.4 Å². The van der Waals surface area contributed by atoms with E-state index >= 15 is 0 Å². The minimum atomic E-state index is -4.66. The highest BCUT2D eigenvalue weighted by Gasteiger charge is 2.34. The number of benzene rings is 2. The number of unbranched alkanes of at least 4 members (excludes halogenated alkanes) is 2. The number of carbonyl (C=O) groups excluding carboxylic acids is 1. The molecule has 13 heteroatoms. The van der Waals surface area contributed by atoms with Crippen LogP contribution >= 0.6 is 11.8 Å². The Morgan fingerprint density at radius 3 is 2.53 bits per heavy atom. The Hall–Kier alpha value is -4.75. The van der Waals surface area contributed by atoms with Gasteiger partial charge in [-0.1, -0.05) is 37.6 Å². The zero-order valence-electron chi connectivity index (χ0n) is 26.7. The van der Waals surface area contributed by atoms with Crippen molar-refractivity contribution in [2.75, 3.05) is 6.61 Å². The molecule has 0 amide bonds. The number of carbonyl (C=O) groups is 2. The molecule has 0 aliphatic heterocycles. The number of ether oxygens (including phenoxy) is 1. The molecule has 0 radical (unpaired) electrons. The van der Waals surface area contributed by atoms with Crippen molar-refractivity contribution in [1.29, 1.82) is 0 Å². The summed E-state index contributed by atoms with van der Waals surface area (Å²) in [7, 11) is 0. The van der Waals surface area contributed by atoms with Gasteiger partial charge in [-0.15, -0.1) is 11.8 Å². The van der Waals surface area contributed by atoms with Gasteiger partial charge in [-0.2, -0.15) is 13.2 Å². The van der Waals surface area contributed by atoms with Gasteiger partial charge in [0.15, 0.2) is 11.2 Å². The third-order valence-electron chi connectivity index (χ3n) is 7.42. The minimum absolute atomic E-state index is 0.000171. The Balaban J connectivity index is 1.42. The van der Waals surface area contributed by atoms with Crippen LogP contribution in [-0.4, -0.2) is 38.9 Å². The van der Waals surface area contributed by atoms with Crippen molar-refractivity contribution in [3.05, 3.63) is 111 Å². The molecule has 0 aliphatic carbocycles. The fourth-order valence-corrected chi connectivity index (χ4v) is 5.99. The fraction of sp³-hybridized carbons (Fsp3) is 0.306. The molecule has 2 unspecified atom stereocenters. The van der Waals surface area contributed by atoms with Gasteiger partial charge in [0.1, 0.15) is 35.2 Å². The lowest BCUT2D eigenvalue weighted by molar-refractivity contribution is -0.137. The summed E-state index contributed by atoms with van der Waals surface area (Å²) in [6, 6.07) is 9.27. The standard InChI is InChI=1S/C36H35F3O9S/c1-3-10-26-28(15-14-24(21(2)40)33(26)42)46-16-9-7-5-4-6-8-11-32(34(43)30-17-22(20-47-30)36(37,38)39)49-23-12-13-25-27(41)19-31(35(44)45)48-29(25)18-23/h4,6,8,11-15,17-20,32,34,42-43H,3,5,7,9-10,16H2,1-2H3,(H,44,45)/b6-4-,11-8+. The Morgan fingerprint density at radius 2 is 1.86 bits per heavy atom. The minimum Gasteiger partial charge on any atom is -0.507 e. The number of alkyl halides is 3. The van der Waals surface area contributed by atoms with Crippen LogP contribution in [0.4, 0.5) is 13.2 Å². The van der Waals surface area contributed by atoms with Crippen LogP contribution < -0.4 is 10.2 Å². The van der Waals surface area contributed by atoms with Crippen LogP contribution in [0.15, 0.2) is 91.6 Å². The van der Waals surface area contributed by atoms with Gasteiger partial charge in [-0.3, -0.25) is 9.59 Å². The van der Waals surface area contributed by atoms with Crippen molar-refractivity contribution < 1.29 is 51.7 Å². The van der Waals surface area contributed by atoms with Gasteiger partial charge in [0, 0.05) is 16.5 Å². The molecular formula is C36H35F3O9S. The number of hydrogen-bond donors (Lipinski definition) is 3. The Bertz CT molecular complexity index is 1910. The highest BCUT2D eigenvalue weighted by Crippen LogP contribution is 2.38. The molecule has 3 N–H and O–H groups in total. The quantitative estimate of drug-likeness (QED) is 0.0450. The van der Waals surface area contributed by atoms with E-state index in [0.29, 0.717) is 48.3 Å². The summed E-state index contributed by atoms with van der Waals surface area (Å²) >= 11 is 1.05. The van der Waals surface area contributed by atoms with Crippen LogP contribution in [0.1, 0.15) is 83.4 Å². The Labute approximate surface area is 283 Å². The first-order valence-corrected chi connectivity index (χ1v) is 16.3. The average molecular weight is 701 g/mol. The maximum atomic E-state index is 13.2. The van der Waals surface area contributed by atoms with E-state index in [2.05, 4.69) is 0 Å². The monoisotopic (exact) mass is 700 g/mol. The number of aliphatic hydroxyl groups is 1. The molecular weight excluding hydrogens is 665 g/mol. The summed E-state index contributed by atoms with van der Waals surface area (Å²) in [6.45, 7) is 3.76. The molecule has 4 aromatic rings. The van der Waals surface area contributed by atoms with E-state index < -0.39 is 40.3 Å². The lowest BCUT2D eigenvalue weighted by Crippen LogP contribution is -2.12. The number of fused-ring (bicyclic) bond motifs is 1. The number of carboxylic acid groups (broad SMARTS) is 1. The van der Waals surface area contributed by atoms with Gasteiger partial charge in [0.25, 0.3) is 0 Å². The molecule has 2 aromatic carbocycles. The highest BCUT2D eigenvalue weighted by molar-refractivity contribution is 8.00. The van der Waals surface area contributed by atoms with Gasteiger partial charge < -0.3 is 28.9 Å². The number of aromatic hydroxyl groups is 1. The number of rotatable bonds is 16. The molecule has 0 fully saturated rings. The molecule has 0 saturated heterocycles. The number of aromatic carboxylic acids is 1. The summed E-state index contributed by atoms with van der Waals surface area (Å²) in [5.74, 6) is -2.00. The second-order valence-electron chi connectivity index (χ2n) is 11.1. The first-order valence-electron chi connectivity index (χ1n) is 15.4. The summed E-state index contributed by atoms with van der Waals surface area (Å²) in [6.07, 6.45) is 4.69. The number of phenols is 1. The van der Waals surface area contributed by atoms with Crippen molar-refractivity contribution in [2.45, 2.75) is 68.4 Å². The lowest BCUT2D eigenvalue weighted by Gasteiger charge is -2.18. The number of thioether (sulfide) groups is 1. The number of phenolic OH excluding ortho intramolecular Hbond substituents is 1. The number of halogens is 3. The van der Waals surface area contributed by atoms with Gasteiger partial charge in [-0.05, 0) is 69.0 Å². The number of ketones is 1. The van der Waals surface area contributed by atoms with E-state index in [9.17, 15) is 42.9 Å². The van der Waals surface area contributed by atoms with Crippen LogP contribution in [0.2, 0.25) is 0 Å². The van der Waals surface area contributed by atoms with Crippen LogP contribution in [0.3, 0.4) is 0 Å². The maximum Gasteiger partial charge on any atom is 0.419 e. The normalized spacial score (nSPS) is 13.3. The fourth-order valence-electron chi connectivity index (χ4n) is 4.92. The summed E-state index contributed by atoms with van der Waals surface area (Å²) < 4.78 is 55.9. The number of Topliss-reactive ketones (excluding diaryl/α,β-unsaturated/α-hetero) is 1. The Morgan fingerprint density at radius 1 is 1.08 bits per heavy atom. The maximum absolute atomic E-state index is 13.2. The smallest absolute Gasteiger partial charge is 0.419 e. The number of aliphatic hydroxyl groups excluding tert-OH is 1. The molecule has 0 bridgehead atoms. The predicted octanol–water partition coefficient (Wildman–Crippen LogP) is 8.52. The van der Waals surface area contributed by atoms with E-state index in [0.717, 1.165) is 36.7 Å². The van der Waals surface area contributed by atoms with Crippen molar-refractivity contribution in [1.82, 2.24) is 0 Å². The summed E-state index contributed by atoms with van der Waals surface area (Å²) in [4.78, 5) is 35.9. The molecule has 2 atom stereocenters. The molecule has 0 aliphatic rings. The van der Waals surface area contributed by atoms with Crippen LogP contribution in [0.25, 0.3) is 11.0 Å². The molecule has 0 saturated carbocycles. The van der Waals surface area contributed by atoms with E-state index in [-0.39, 0.29) is 33.8 Å². The highest BCUT2D eigenvalue weighted by atomic mass is 32.2. The topological polar surface area (TPSA) is 147 Å². The van der Waals surface area contributed by atoms with Crippen molar-refractivity contribution >= 4 is 34.5 Å².